The molecule has 94 valence electrons. The van der Waals surface area contributed by atoms with Crippen LogP contribution in [0.25, 0.3) is 0 Å². The van der Waals surface area contributed by atoms with Gasteiger partial charge in [-0.3, -0.25) is 0 Å². The molecule has 0 unspecified atom stereocenters. The van der Waals surface area contributed by atoms with Crippen LogP contribution in [0.3, 0.4) is 0 Å². The number of benzene rings is 1. The predicted octanol–water partition coefficient (Wildman–Crippen LogP) is 3.96. The Hall–Kier alpha value is -0.730. The van der Waals surface area contributed by atoms with Crippen LogP contribution in [0.5, 0.6) is 0 Å². The molecule has 2 nitrogen and oxygen atoms in total. The van der Waals surface area contributed by atoms with Gasteiger partial charge in [-0.15, -0.1) is 0 Å². The fraction of sp³-hybridized carbons (Fsp3) is 0.571. The standard InChI is InChI=1S/C14H20ClNO/c15-13-4-6-14(7-5-13)16-9-11-17-10-8-12-2-1-3-12/h4-7,12,16H,1-3,8-11H2. The van der Waals surface area contributed by atoms with Crippen LogP contribution in [0.1, 0.15) is 25.7 Å². The number of rotatable bonds is 7. The molecule has 1 aromatic rings. The van der Waals surface area contributed by atoms with Crippen molar-refractivity contribution in [3.63, 3.8) is 0 Å². The van der Waals surface area contributed by atoms with Gasteiger partial charge in [0, 0.05) is 23.9 Å². The number of ether oxygens (including phenoxy) is 1. The number of halogens is 1. The van der Waals surface area contributed by atoms with Crippen molar-refractivity contribution in [2.24, 2.45) is 5.92 Å². The van der Waals surface area contributed by atoms with Gasteiger partial charge in [0.25, 0.3) is 0 Å². The summed E-state index contributed by atoms with van der Waals surface area (Å²) in [6, 6.07) is 7.75. The van der Waals surface area contributed by atoms with Crippen LogP contribution in [0, 0.1) is 5.92 Å². The van der Waals surface area contributed by atoms with E-state index in [-0.39, 0.29) is 0 Å². The number of anilines is 1. The van der Waals surface area contributed by atoms with Crippen LogP contribution in [-0.2, 0) is 4.74 Å². The molecule has 2 rings (SSSR count). The van der Waals surface area contributed by atoms with Crippen molar-refractivity contribution in [3.05, 3.63) is 29.3 Å². The molecule has 0 heterocycles. The quantitative estimate of drug-likeness (QED) is 0.743. The molecule has 1 N–H and O–H groups in total. The van der Waals surface area contributed by atoms with E-state index in [1.807, 2.05) is 24.3 Å². The first-order valence-corrected chi connectivity index (χ1v) is 6.79. The topological polar surface area (TPSA) is 21.3 Å². The van der Waals surface area contributed by atoms with Crippen molar-refractivity contribution in [2.75, 3.05) is 25.1 Å². The van der Waals surface area contributed by atoms with Crippen molar-refractivity contribution >= 4 is 17.3 Å². The van der Waals surface area contributed by atoms with Crippen LogP contribution < -0.4 is 5.32 Å². The molecule has 0 bridgehead atoms. The highest BCUT2D eigenvalue weighted by atomic mass is 35.5. The lowest BCUT2D eigenvalue weighted by Crippen LogP contribution is -2.15. The van der Waals surface area contributed by atoms with Gasteiger partial charge in [-0.25, -0.2) is 0 Å². The molecule has 0 spiro atoms. The summed E-state index contributed by atoms with van der Waals surface area (Å²) >= 11 is 5.81. The Kier molecular flexibility index (Phi) is 5.14. The molecule has 0 aromatic heterocycles. The first-order chi connectivity index (χ1) is 8.34. The van der Waals surface area contributed by atoms with Crippen molar-refractivity contribution in [2.45, 2.75) is 25.7 Å². The molecule has 0 amide bonds. The second kappa shape index (κ2) is 6.87. The van der Waals surface area contributed by atoms with E-state index < -0.39 is 0 Å². The minimum absolute atomic E-state index is 0.771. The zero-order valence-corrected chi connectivity index (χ0v) is 10.9. The smallest absolute Gasteiger partial charge is 0.0639 e. The Balaban J connectivity index is 1.49. The lowest BCUT2D eigenvalue weighted by atomic mass is 9.83. The van der Waals surface area contributed by atoms with Gasteiger partial charge in [0.1, 0.15) is 0 Å². The Morgan fingerprint density at radius 3 is 2.59 bits per heavy atom. The second-order valence-electron chi connectivity index (χ2n) is 4.63. The first-order valence-electron chi connectivity index (χ1n) is 6.42. The third-order valence-corrected chi connectivity index (χ3v) is 3.57. The number of nitrogens with one attached hydrogen (secondary N) is 1. The van der Waals surface area contributed by atoms with Gasteiger partial charge >= 0.3 is 0 Å². The van der Waals surface area contributed by atoms with Crippen LogP contribution >= 0.6 is 11.6 Å². The van der Waals surface area contributed by atoms with Crippen molar-refractivity contribution < 1.29 is 4.74 Å². The maximum atomic E-state index is 5.81. The van der Waals surface area contributed by atoms with E-state index in [4.69, 9.17) is 16.3 Å². The summed E-state index contributed by atoms with van der Waals surface area (Å²) in [5.41, 5.74) is 1.09. The van der Waals surface area contributed by atoms with E-state index in [9.17, 15) is 0 Å². The highest BCUT2D eigenvalue weighted by Crippen LogP contribution is 2.29. The zero-order valence-electron chi connectivity index (χ0n) is 10.1. The lowest BCUT2D eigenvalue weighted by Gasteiger charge is -2.24. The Morgan fingerprint density at radius 2 is 1.94 bits per heavy atom. The second-order valence-corrected chi connectivity index (χ2v) is 5.07. The van der Waals surface area contributed by atoms with Gasteiger partial charge in [0.05, 0.1) is 6.61 Å². The molecule has 1 aromatic carbocycles. The third-order valence-electron chi connectivity index (χ3n) is 3.31. The molecule has 1 saturated carbocycles. The van der Waals surface area contributed by atoms with E-state index in [0.717, 1.165) is 36.4 Å². The molecule has 0 atom stereocenters. The molecule has 0 saturated heterocycles. The minimum Gasteiger partial charge on any atom is -0.383 e. The molecular formula is C14H20ClNO. The normalized spacial score (nSPS) is 15.6. The van der Waals surface area contributed by atoms with E-state index in [1.165, 1.54) is 25.7 Å². The number of hydrogen-bond donors (Lipinski definition) is 1. The zero-order chi connectivity index (χ0) is 11.9. The molecule has 3 heteroatoms. The van der Waals surface area contributed by atoms with E-state index >= 15 is 0 Å². The SMILES string of the molecule is Clc1ccc(NCCOCCC2CCC2)cc1. The molecule has 1 aliphatic carbocycles. The molecule has 0 radical (unpaired) electrons. The Bertz CT molecular complexity index is 321. The van der Waals surface area contributed by atoms with E-state index in [1.54, 1.807) is 0 Å². The van der Waals surface area contributed by atoms with Gasteiger partial charge in [-0.1, -0.05) is 30.9 Å². The molecule has 1 fully saturated rings. The average molecular weight is 254 g/mol. The highest BCUT2D eigenvalue weighted by molar-refractivity contribution is 6.30. The van der Waals surface area contributed by atoms with Crippen molar-refractivity contribution in [1.82, 2.24) is 0 Å². The molecular weight excluding hydrogens is 234 g/mol. The average Bonchev–Trinajstić information content (AvgIpc) is 2.28. The molecule has 0 aliphatic heterocycles. The summed E-state index contributed by atoms with van der Waals surface area (Å²) in [4.78, 5) is 0. The summed E-state index contributed by atoms with van der Waals surface area (Å²) in [6.07, 6.45) is 5.47. The van der Waals surface area contributed by atoms with Gasteiger partial charge in [0.2, 0.25) is 0 Å². The van der Waals surface area contributed by atoms with Gasteiger partial charge < -0.3 is 10.1 Å². The molecule has 17 heavy (non-hydrogen) atoms. The van der Waals surface area contributed by atoms with Gasteiger partial charge in [0.15, 0.2) is 0 Å². The Morgan fingerprint density at radius 1 is 1.18 bits per heavy atom. The predicted molar refractivity (Wildman–Crippen MR) is 72.7 cm³/mol. The van der Waals surface area contributed by atoms with E-state index in [0.29, 0.717) is 0 Å². The minimum atomic E-state index is 0.771. The molecule has 1 aliphatic rings. The lowest BCUT2D eigenvalue weighted by molar-refractivity contribution is 0.114. The monoisotopic (exact) mass is 253 g/mol. The highest BCUT2D eigenvalue weighted by Gasteiger charge is 2.16. The van der Waals surface area contributed by atoms with Crippen molar-refractivity contribution in [1.29, 1.82) is 0 Å². The fourth-order valence-corrected chi connectivity index (χ4v) is 2.09. The van der Waals surface area contributed by atoms with Crippen LogP contribution in [0.15, 0.2) is 24.3 Å². The summed E-state index contributed by atoms with van der Waals surface area (Å²) < 4.78 is 5.60. The summed E-state index contributed by atoms with van der Waals surface area (Å²) in [5.74, 6) is 0.944. The fourth-order valence-electron chi connectivity index (χ4n) is 1.97. The largest absolute Gasteiger partial charge is 0.383 e. The van der Waals surface area contributed by atoms with Crippen LogP contribution in [-0.4, -0.2) is 19.8 Å². The van der Waals surface area contributed by atoms with Crippen LogP contribution in [0.2, 0.25) is 5.02 Å². The van der Waals surface area contributed by atoms with Gasteiger partial charge in [-0.05, 0) is 36.6 Å². The first kappa shape index (κ1) is 12.7. The summed E-state index contributed by atoms with van der Waals surface area (Å²) in [6.45, 7) is 2.54. The number of hydrogen-bond acceptors (Lipinski definition) is 2. The van der Waals surface area contributed by atoms with Gasteiger partial charge in [-0.2, -0.15) is 0 Å². The third kappa shape index (κ3) is 4.57. The van der Waals surface area contributed by atoms with Crippen molar-refractivity contribution in [3.8, 4) is 0 Å². The summed E-state index contributed by atoms with van der Waals surface area (Å²) in [5, 5.41) is 4.07. The summed E-state index contributed by atoms with van der Waals surface area (Å²) in [7, 11) is 0. The van der Waals surface area contributed by atoms with Crippen LogP contribution in [0.4, 0.5) is 5.69 Å². The Labute approximate surface area is 108 Å². The van der Waals surface area contributed by atoms with E-state index in [2.05, 4.69) is 5.32 Å². The maximum Gasteiger partial charge on any atom is 0.0639 e. The maximum absolute atomic E-state index is 5.81.